The van der Waals surface area contributed by atoms with E-state index >= 15 is 0 Å². The number of amides is 3. The second kappa shape index (κ2) is 9.03. The van der Waals surface area contributed by atoms with Crippen LogP contribution in [0.1, 0.15) is 36.0 Å². The van der Waals surface area contributed by atoms with Gasteiger partial charge in [0, 0.05) is 23.0 Å². The third-order valence-corrected chi connectivity index (χ3v) is 4.83. The Labute approximate surface area is 163 Å². The van der Waals surface area contributed by atoms with E-state index < -0.39 is 5.97 Å². The number of benzene rings is 2. The normalized spacial score (nSPS) is 18.7. The van der Waals surface area contributed by atoms with Crippen molar-refractivity contribution < 1.29 is 19.5 Å². The summed E-state index contributed by atoms with van der Waals surface area (Å²) in [5, 5.41) is 17.5. The van der Waals surface area contributed by atoms with Gasteiger partial charge < -0.3 is 21.1 Å². The quantitative estimate of drug-likeness (QED) is 0.633. The smallest absolute Gasteiger partial charge is 0.319 e. The van der Waals surface area contributed by atoms with E-state index in [2.05, 4.69) is 16.0 Å². The lowest BCUT2D eigenvalue weighted by Crippen LogP contribution is -2.40. The maximum Gasteiger partial charge on any atom is 0.319 e. The number of nitrogens with one attached hydrogen (secondary N) is 3. The second-order valence-electron chi connectivity index (χ2n) is 6.89. The Morgan fingerprint density at radius 3 is 2.11 bits per heavy atom. The van der Waals surface area contributed by atoms with E-state index in [1.165, 1.54) is 0 Å². The molecule has 7 nitrogen and oxygen atoms in total. The molecule has 1 fully saturated rings. The summed E-state index contributed by atoms with van der Waals surface area (Å²) in [4.78, 5) is 35.5. The first-order valence-electron chi connectivity index (χ1n) is 9.28. The van der Waals surface area contributed by atoms with Crippen molar-refractivity contribution >= 4 is 29.3 Å². The lowest BCUT2D eigenvalue weighted by atomic mass is 9.86. The minimum absolute atomic E-state index is 0.0310. The number of anilines is 2. The molecule has 28 heavy (non-hydrogen) atoms. The van der Waals surface area contributed by atoms with Crippen molar-refractivity contribution in [1.29, 1.82) is 0 Å². The molecule has 0 atom stereocenters. The molecule has 0 aromatic heterocycles. The Bertz CT molecular complexity index is 846. The minimum atomic E-state index is -0.766. The summed E-state index contributed by atoms with van der Waals surface area (Å²) >= 11 is 0. The van der Waals surface area contributed by atoms with Gasteiger partial charge in [0.25, 0.3) is 5.91 Å². The fourth-order valence-electron chi connectivity index (χ4n) is 3.30. The molecule has 7 heteroatoms. The van der Waals surface area contributed by atoms with Gasteiger partial charge >= 0.3 is 12.0 Å². The molecule has 0 unspecified atom stereocenters. The number of urea groups is 1. The predicted octanol–water partition coefficient (Wildman–Crippen LogP) is 3.70. The summed E-state index contributed by atoms with van der Waals surface area (Å²) in [5.74, 6) is -1.30. The molecule has 1 aliphatic rings. The first-order valence-corrected chi connectivity index (χ1v) is 9.28. The van der Waals surface area contributed by atoms with Gasteiger partial charge in [0.15, 0.2) is 0 Å². The lowest BCUT2D eigenvalue weighted by molar-refractivity contribution is -0.142. The zero-order chi connectivity index (χ0) is 19.9. The van der Waals surface area contributed by atoms with Crippen molar-refractivity contribution in [1.82, 2.24) is 5.32 Å². The Kier molecular flexibility index (Phi) is 6.26. The zero-order valence-corrected chi connectivity index (χ0v) is 15.4. The van der Waals surface area contributed by atoms with Crippen LogP contribution in [0.25, 0.3) is 0 Å². The first kappa shape index (κ1) is 19.4. The monoisotopic (exact) mass is 381 g/mol. The number of carboxylic acids is 1. The van der Waals surface area contributed by atoms with Crippen LogP contribution in [-0.2, 0) is 4.79 Å². The third-order valence-electron chi connectivity index (χ3n) is 4.83. The Balaban J connectivity index is 1.52. The van der Waals surface area contributed by atoms with Crippen LogP contribution in [0.2, 0.25) is 0 Å². The average molecular weight is 381 g/mol. The summed E-state index contributed by atoms with van der Waals surface area (Å²) in [5.41, 5.74) is 1.69. The van der Waals surface area contributed by atoms with Gasteiger partial charge in [0.05, 0.1) is 5.92 Å². The summed E-state index contributed by atoms with van der Waals surface area (Å²) in [6.45, 7) is 0. The van der Waals surface area contributed by atoms with Gasteiger partial charge in [-0.05, 0) is 56.0 Å². The van der Waals surface area contributed by atoms with E-state index in [-0.39, 0.29) is 23.9 Å². The van der Waals surface area contributed by atoms with Crippen molar-refractivity contribution in [3.05, 3.63) is 60.2 Å². The molecule has 1 saturated carbocycles. The molecular weight excluding hydrogens is 358 g/mol. The summed E-state index contributed by atoms with van der Waals surface area (Å²) in [7, 11) is 0. The van der Waals surface area contributed by atoms with Gasteiger partial charge in [-0.25, -0.2) is 4.79 Å². The van der Waals surface area contributed by atoms with Crippen molar-refractivity contribution in [2.75, 3.05) is 10.6 Å². The van der Waals surface area contributed by atoms with E-state index in [1.807, 2.05) is 6.07 Å². The molecule has 1 aliphatic carbocycles. The maximum absolute atomic E-state index is 12.2. The SMILES string of the molecule is O=C(Nc1cccc(NC(=O)c2ccccc2)c1)NC1CCC(C(=O)O)CC1. The lowest BCUT2D eigenvalue weighted by Gasteiger charge is -2.26. The van der Waals surface area contributed by atoms with Gasteiger partial charge in [-0.3, -0.25) is 9.59 Å². The van der Waals surface area contributed by atoms with Gasteiger partial charge in [-0.2, -0.15) is 0 Å². The van der Waals surface area contributed by atoms with Crippen LogP contribution >= 0.6 is 0 Å². The van der Waals surface area contributed by atoms with Crippen molar-refractivity contribution in [3.8, 4) is 0 Å². The molecule has 3 rings (SSSR count). The van der Waals surface area contributed by atoms with Crippen molar-refractivity contribution in [3.63, 3.8) is 0 Å². The van der Waals surface area contributed by atoms with E-state index in [0.717, 1.165) is 0 Å². The number of aliphatic carboxylic acids is 1. The van der Waals surface area contributed by atoms with Gasteiger partial charge in [0.1, 0.15) is 0 Å². The Morgan fingerprint density at radius 2 is 1.46 bits per heavy atom. The molecule has 0 bridgehead atoms. The molecule has 2 aromatic carbocycles. The van der Waals surface area contributed by atoms with Crippen LogP contribution in [0, 0.1) is 5.92 Å². The number of hydrogen-bond donors (Lipinski definition) is 4. The highest BCUT2D eigenvalue weighted by atomic mass is 16.4. The van der Waals surface area contributed by atoms with Gasteiger partial charge in [-0.15, -0.1) is 0 Å². The van der Waals surface area contributed by atoms with E-state index in [1.54, 1.807) is 48.5 Å². The number of carbonyl (C=O) groups is 3. The molecular formula is C21H23N3O4. The fourth-order valence-corrected chi connectivity index (χ4v) is 3.30. The van der Waals surface area contributed by atoms with Crippen LogP contribution in [0.3, 0.4) is 0 Å². The largest absolute Gasteiger partial charge is 0.481 e. The summed E-state index contributed by atoms with van der Waals surface area (Å²) < 4.78 is 0. The molecule has 0 saturated heterocycles. The van der Waals surface area contributed by atoms with E-state index in [4.69, 9.17) is 5.11 Å². The second-order valence-corrected chi connectivity index (χ2v) is 6.89. The molecule has 146 valence electrons. The highest BCUT2D eigenvalue weighted by Crippen LogP contribution is 2.24. The highest BCUT2D eigenvalue weighted by molar-refractivity contribution is 6.04. The predicted molar refractivity (Wildman–Crippen MR) is 106 cm³/mol. The first-order chi connectivity index (χ1) is 13.5. The topological polar surface area (TPSA) is 108 Å². The molecule has 0 radical (unpaired) electrons. The standard InChI is InChI=1S/C21H23N3O4/c25-19(14-5-2-1-3-6-14)22-17-7-4-8-18(13-17)24-21(28)23-16-11-9-15(10-12-16)20(26)27/h1-8,13,15-16H,9-12H2,(H,22,25)(H,26,27)(H2,23,24,28). The van der Waals surface area contributed by atoms with Gasteiger partial charge in [-0.1, -0.05) is 24.3 Å². The zero-order valence-electron chi connectivity index (χ0n) is 15.4. The van der Waals surface area contributed by atoms with Crippen molar-refractivity contribution in [2.24, 2.45) is 5.92 Å². The summed E-state index contributed by atoms with van der Waals surface area (Å²) in [6.07, 6.45) is 2.44. The molecule has 3 amide bonds. The summed E-state index contributed by atoms with van der Waals surface area (Å²) in [6, 6.07) is 15.4. The number of carboxylic acid groups (broad SMARTS) is 1. The van der Waals surface area contributed by atoms with Crippen LogP contribution in [0.15, 0.2) is 54.6 Å². The van der Waals surface area contributed by atoms with Crippen LogP contribution < -0.4 is 16.0 Å². The average Bonchev–Trinajstić information content (AvgIpc) is 2.69. The molecule has 0 spiro atoms. The molecule has 0 aliphatic heterocycles. The van der Waals surface area contributed by atoms with Crippen LogP contribution in [0.4, 0.5) is 16.2 Å². The fraction of sp³-hybridized carbons (Fsp3) is 0.286. The molecule has 0 heterocycles. The number of hydrogen-bond acceptors (Lipinski definition) is 3. The minimum Gasteiger partial charge on any atom is -0.481 e. The maximum atomic E-state index is 12.2. The highest BCUT2D eigenvalue weighted by Gasteiger charge is 2.26. The molecule has 4 N–H and O–H groups in total. The number of rotatable bonds is 5. The third kappa shape index (κ3) is 5.33. The van der Waals surface area contributed by atoms with E-state index in [0.29, 0.717) is 42.6 Å². The molecule has 2 aromatic rings. The Hall–Kier alpha value is -3.35. The van der Waals surface area contributed by atoms with Crippen molar-refractivity contribution in [2.45, 2.75) is 31.7 Å². The van der Waals surface area contributed by atoms with Crippen LogP contribution in [-0.4, -0.2) is 29.1 Å². The Morgan fingerprint density at radius 1 is 0.821 bits per heavy atom. The number of carbonyl (C=O) groups excluding carboxylic acids is 2. The van der Waals surface area contributed by atoms with Gasteiger partial charge in [0.2, 0.25) is 0 Å². The van der Waals surface area contributed by atoms with E-state index in [9.17, 15) is 14.4 Å². The van der Waals surface area contributed by atoms with Crippen LogP contribution in [0.5, 0.6) is 0 Å².